The Bertz CT molecular complexity index is 578. The Balaban J connectivity index is 2.40. The van der Waals surface area contributed by atoms with Gasteiger partial charge < -0.3 is 5.11 Å². The van der Waals surface area contributed by atoms with Crippen LogP contribution in [0.2, 0.25) is 0 Å². The summed E-state index contributed by atoms with van der Waals surface area (Å²) in [6.45, 7) is 1.28. The molecule has 0 heterocycles. The number of likely N-dealkylation sites (N-methyl/N-ethyl adjacent to an activating group) is 1. The number of carboxylic acid groups (broad SMARTS) is 1. The second-order valence-corrected chi connectivity index (χ2v) is 6.54. The van der Waals surface area contributed by atoms with Gasteiger partial charge in [0, 0.05) is 6.54 Å². The van der Waals surface area contributed by atoms with Crippen molar-refractivity contribution < 1.29 is 18.3 Å². The predicted molar refractivity (Wildman–Crippen MR) is 70.5 cm³/mol. The maximum atomic E-state index is 12.5. The number of sulfonamides is 1. The van der Waals surface area contributed by atoms with Crippen molar-refractivity contribution in [3.63, 3.8) is 0 Å². The number of carboxylic acids is 1. The van der Waals surface area contributed by atoms with E-state index in [1.165, 1.54) is 0 Å². The van der Waals surface area contributed by atoms with Gasteiger partial charge in [0.25, 0.3) is 0 Å². The quantitative estimate of drug-likeness (QED) is 0.861. The molecular formula is C13H17NO4S. The van der Waals surface area contributed by atoms with Crippen molar-refractivity contribution in [3.05, 3.63) is 29.8 Å². The van der Waals surface area contributed by atoms with Crippen LogP contribution in [-0.4, -0.2) is 36.9 Å². The lowest BCUT2D eigenvalue weighted by atomic mass is 10.1. The number of benzene rings is 1. The highest BCUT2D eigenvalue weighted by Gasteiger charge is 2.33. The normalized spacial score (nSPS) is 15.7. The van der Waals surface area contributed by atoms with Gasteiger partial charge in [-0.15, -0.1) is 0 Å². The first-order valence-electron chi connectivity index (χ1n) is 6.27. The lowest BCUT2D eigenvalue weighted by Crippen LogP contribution is -2.35. The molecule has 0 saturated heterocycles. The van der Waals surface area contributed by atoms with Gasteiger partial charge in [-0.05, 0) is 30.4 Å². The van der Waals surface area contributed by atoms with E-state index in [9.17, 15) is 13.2 Å². The van der Waals surface area contributed by atoms with E-state index in [0.717, 1.165) is 22.7 Å². The third-order valence-corrected chi connectivity index (χ3v) is 5.21. The van der Waals surface area contributed by atoms with Crippen LogP contribution >= 0.6 is 0 Å². The van der Waals surface area contributed by atoms with E-state index in [1.54, 1.807) is 19.1 Å². The molecule has 1 aromatic rings. The minimum atomic E-state index is -3.73. The molecule has 0 bridgehead atoms. The average Bonchev–Trinajstić information content (AvgIpc) is 3.19. The molecule has 0 spiro atoms. The summed E-state index contributed by atoms with van der Waals surface area (Å²) in [5.74, 6) is -0.844. The first-order chi connectivity index (χ1) is 8.96. The zero-order chi connectivity index (χ0) is 14.0. The van der Waals surface area contributed by atoms with E-state index in [-0.39, 0.29) is 11.4 Å². The first kappa shape index (κ1) is 14.0. The average molecular weight is 283 g/mol. The molecule has 19 heavy (non-hydrogen) atoms. The monoisotopic (exact) mass is 283 g/mol. The summed E-state index contributed by atoms with van der Waals surface area (Å²) in [6.07, 6.45) is 2.00. The highest BCUT2D eigenvalue weighted by molar-refractivity contribution is 7.89. The Hall–Kier alpha value is -1.40. The Morgan fingerprint density at radius 2 is 2.00 bits per heavy atom. The van der Waals surface area contributed by atoms with E-state index < -0.39 is 22.5 Å². The van der Waals surface area contributed by atoms with Crippen LogP contribution in [-0.2, 0) is 14.8 Å². The van der Waals surface area contributed by atoms with Crippen LogP contribution in [0.3, 0.4) is 0 Å². The Morgan fingerprint density at radius 1 is 1.37 bits per heavy atom. The molecular weight excluding hydrogens is 266 g/mol. The van der Waals surface area contributed by atoms with E-state index >= 15 is 0 Å². The van der Waals surface area contributed by atoms with Crippen LogP contribution in [0, 0.1) is 0 Å². The fourth-order valence-corrected chi connectivity index (χ4v) is 3.79. The number of rotatable bonds is 6. The van der Waals surface area contributed by atoms with Crippen molar-refractivity contribution in [3.8, 4) is 0 Å². The third kappa shape index (κ3) is 2.96. The van der Waals surface area contributed by atoms with Crippen LogP contribution in [0.4, 0.5) is 0 Å². The maximum Gasteiger partial charge on any atom is 0.318 e. The molecule has 104 valence electrons. The molecule has 1 fully saturated rings. The lowest BCUT2D eigenvalue weighted by Gasteiger charge is -2.20. The van der Waals surface area contributed by atoms with E-state index in [4.69, 9.17) is 5.11 Å². The van der Waals surface area contributed by atoms with Crippen molar-refractivity contribution in [1.29, 1.82) is 0 Å². The largest absolute Gasteiger partial charge is 0.480 e. The van der Waals surface area contributed by atoms with Gasteiger partial charge in [0.2, 0.25) is 10.0 Å². The molecule has 0 unspecified atom stereocenters. The van der Waals surface area contributed by atoms with Crippen molar-refractivity contribution in [2.75, 3.05) is 13.1 Å². The van der Waals surface area contributed by atoms with Crippen molar-refractivity contribution in [1.82, 2.24) is 4.31 Å². The summed E-state index contributed by atoms with van der Waals surface area (Å²) in [5.41, 5.74) is 0.811. The van der Waals surface area contributed by atoms with Crippen molar-refractivity contribution >= 4 is 16.0 Å². The van der Waals surface area contributed by atoms with Crippen LogP contribution in [0.25, 0.3) is 0 Å². The summed E-state index contributed by atoms with van der Waals surface area (Å²) < 4.78 is 26.0. The Morgan fingerprint density at radius 3 is 2.53 bits per heavy atom. The smallest absolute Gasteiger partial charge is 0.318 e. The summed E-state index contributed by atoms with van der Waals surface area (Å²) in [5, 5.41) is 8.81. The summed E-state index contributed by atoms with van der Waals surface area (Å²) in [6, 6.07) is 6.88. The van der Waals surface area contributed by atoms with Gasteiger partial charge >= 0.3 is 5.97 Å². The zero-order valence-corrected chi connectivity index (χ0v) is 11.6. The first-order valence-corrected chi connectivity index (χ1v) is 7.71. The minimum absolute atomic E-state index is 0.146. The molecule has 0 aliphatic heterocycles. The van der Waals surface area contributed by atoms with Gasteiger partial charge in [-0.2, -0.15) is 4.31 Å². The van der Waals surface area contributed by atoms with E-state index in [2.05, 4.69) is 0 Å². The topological polar surface area (TPSA) is 74.7 Å². The van der Waals surface area contributed by atoms with E-state index in [0.29, 0.717) is 5.92 Å². The maximum absolute atomic E-state index is 12.5. The highest BCUT2D eigenvalue weighted by atomic mass is 32.2. The van der Waals surface area contributed by atoms with Crippen molar-refractivity contribution in [2.24, 2.45) is 0 Å². The number of nitrogens with zero attached hydrogens (tertiary/aromatic N) is 1. The number of hydrogen-bond acceptors (Lipinski definition) is 3. The summed E-state index contributed by atoms with van der Waals surface area (Å²) >= 11 is 0. The molecule has 2 rings (SSSR count). The van der Waals surface area contributed by atoms with Crippen LogP contribution in [0.15, 0.2) is 29.2 Å². The highest BCUT2D eigenvalue weighted by Crippen LogP contribution is 2.43. The van der Waals surface area contributed by atoms with E-state index in [1.807, 2.05) is 12.1 Å². The second-order valence-electron chi connectivity index (χ2n) is 4.64. The van der Waals surface area contributed by atoms with Gasteiger partial charge in [-0.1, -0.05) is 25.1 Å². The standard InChI is InChI=1S/C13H17NO4S/c1-2-14(9-13(15)16)19(17,18)12-6-4-3-5-11(12)10-7-8-10/h3-6,10H,2,7-9H2,1H3,(H,15,16). The molecule has 1 aromatic carbocycles. The molecule has 1 aliphatic rings. The Kier molecular flexibility index (Phi) is 3.91. The van der Waals surface area contributed by atoms with Crippen molar-refractivity contribution in [2.45, 2.75) is 30.6 Å². The Labute approximate surface area is 112 Å². The second kappa shape index (κ2) is 5.30. The fraction of sp³-hybridized carbons (Fsp3) is 0.462. The molecule has 0 aromatic heterocycles. The zero-order valence-electron chi connectivity index (χ0n) is 10.7. The fourth-order valence-electron chi connectivity index (χ4n) is 2.10. The molecule has 1 saturated carbocycles. The summed E-state index contributed by atoms with van der Waals surface area (Å²) in [4.78, 5) is 11.0. The lowest BCUT2D eigenvalue weighted by molar-refractivity contribution is -0.137. The van der Waals surface area contributed by atoms with Gasteiger partial charge in [-0.3, -0.25) is 4.79 Å². The van der Waals surface area contributed by atoms with Gasteiger partial charge in [0.15, 0.2) is 0 Å². The van der Waals surface area contributed by atoms with Crippen LogP contribution in [0.1, 0.15) is 31.2 Å². The van der Waals surface area contributed by atoms with Gasteiger partial charge in [-0.25, -0.2) is 8.42 Å². The molecule has 0 atom stereocenters. The van der Waals surface area contributed by atoms with Crippen LogP contribution < -0.4 is 0 Å². The molecule has 0 amide bonds. The number of aliphatic carboxylic acids is 1. The summed E-state index contributed by atoms with van der Waals surface area (Å²) in [7, 11) is -3.73. The van der Waals surface area contributed by atoms with Gasteiger partial charge in [0.1, 0.15) is 6.54 Å². The SMILES string of the molecule is CCN(CC(=O)O)S(=O)(=O)c1ccccc1C1CC1. The number of carbonyl (C=O) groups is 1. The minimum Gasteiger partial charge on any atom is -0.480 e. The van der Waals surface area contributed by atoms with Crippen LogP contribution in [0.5, 0.6) is 0 Å². The molecule has 5 nitrogen and oxygen atoms in total. The molecule has 1 N–H and O–H groups in total. The molecule has 0 radical (unpaired) electrons. The predicted octanol–water partition coefficient (Wildman–Crippen LogP) is 1.66. The molecule has 6 heteroatoms. The van der Waals surface area contributed by atoms with Gasteiger partial charge in [0.05, 0.1) is 4.90 Å². The molecule has 1 aliphatic carbocycles. The number of hydrogen-bond donors (Lipinski definition) is 1. The third-order valence-electron chi connectivity index (χ3n) is 3.22.